The molecule has 0 bridgehead atoms. The van der Waals surface area contributed by atoms with Crippen LogP contribution in [-0.2, 0) is 16.6 Å². The Balaban J connectivity index is 1.61. The molecule has 1 fully saturated rings. The lowest BCUT2D eigenvalue weighted by Crippen LogP contribution is -2.13. The molecule has 1 amide bonds. The highest BCUT2D eigenvalue weighted by atomic mass is 32.2. The maximum atomic E-state index is 12.1. The highest BCUT2D eigenvalue weighted by molar-refractivity contribution is 7.92. The van der Waals surface area contributed by atoms with Crippen LogP contribution < -0.4 is 5.32 Å². The van der Waals surface area contributed by atoms with Gasteiger partial charge in [-0.1, -0.05) is 23.5 Å². The minimum Gasteiger partial charge on any atom is -0.610 e. The summed E-state index contributed by atoms with van der Waals surface area (Å²) in [6.45, 7) is 0. The molecule has 1 aliphatic carbocycles. The van der Waals surface area contributed by atoms with Crippen LogP contribution >= 0.6 is 11.3 Å². The first kappa shape index (κ1) is 13.1. The Labute approximate surface area is 128 Å². The number of amides is 1. The summed E-state index contributed by atoms with van der Waals surface area (Å²) < 4.78 is 12.0. The Hall–Kier alpha value is -1.57. The first-order chi connectivity index (χ1) is 10.1. The molecule has 0 radical (unpaired) electrons. The fourth-order valence-electron chi connectivity index (χ4n) is 2.59. The summed E-state index contributed by atoms with van der Waals surface area (Å²) in [5.74, 6) is 0.201. The van der Waals surface area contributed by atoms with Gasteiger partial charge in [0, 0.05) is 11.2 Å². The van der Waals surface area contributed by atoms with Crippen LogP contribution in [0.25, 0.3) is 0 Å². The Morgan fingerprint density at radius 1 is 1.43 bits per heavy atom. The van der Waals surface area contributed by atoms with Gasteiger partial charge in [-0.25, -0.2) is 0 Å². The minimum absolute atomic E-state index is 0.0652. The predicted octanol–water partition coefficient (Wildman–Crippen LogP) is 2.25. The van der Waals surface area contributed by atoms with Gasteiger partial charge in [0.1, 0.15) is 11.5 Å². The number of benzene rings is 1. The average molecular weight is 320 g/mol. The third kappa shape index (κ3) is 2.04. The molecule has 2 N–H and O–H groups in total. The number of anilines is 1. The fourth-order valence-corrected chi connectivity index (χ4v) is 5.93. The molecule has 4 rings (SSSR count). The summed E-state index contributed by atoms with van der Waals surface area (Å²) in [4.78, 5) is 17.5. The Kier molecular flexibility index (Phi) is 2.79. The van der Waals surface area contributed by atoms with Gasteiger partial charge in [-0.05, 0) is 25.0 Å². The molecule has 1 aromatic heterocycles. The maximum Gasteiger partial charge on any atom is 0.261 e. The Morgan fingerprint density at radius 2 is 2.19 bits per heavy atom. The second-order valence-electron chi connectivity index (χ2n) is 5.39. The fraction of sp³-hybridized carbons (Fsp3) is 0.286. The zero-order valence-corrected chi connectivity index (χ0v) is 12.6. The number of aromatic hydroxyl groups is 1. The maximum absolute atomic E-state index is 12.1. The van der Waals surface area contributed by atoms with Crippen LogP contribution in [0.5, 0.6) is 5.75 Å². The van der Waals surface area contributed by atoms with E-state index in [2.05, 4.69) is 10.3 Å². The van der Waals surface area contributed by atoms with E-state index in [1.165, 1.54) is 17.4 Å². The van der Waals surface area contributed by atoms with Gasteiger partial charge < -0.3 is 9.66 Å². The van der Waals surface area contributed by atoms with Gasteiger partial charge in [-0.2, -0.15) is 4.98 Å². The standard InChI is InChI=1S/C14H12N2O3S2/c17-9-4-2-1-3-8(9)11(18)15-13-16-12-10(20-13)14(5-6-14)7-21(12)19/h1-4,17H,5-7H2,(H,15,16,18). The molecule has 7 heteroatoms. The number of hydrogen-bond donors (Lipinski definition) is 2. The molecule has 21 heavy (non-hydrogen) atoms. The number of phenolic OH excluding ortho intramolecular Hbond substituents is 1. The Bertz CT molecular complexity index is 740. The summed E-state index contributed by atoms with van der Waals surface area (Å²) in [7, 11) is 0. The van der Waals surface area contributed by atoms with Crippen molar-refractivity contribution < 1.29 is 14.5 Å². The van der Waals surface area contributed by atoms with E-state index in [0.717, 1.165) is 17.7 Å². The highest BCUT2D eigenvalue weighted by Crippen LogP contribution is 2.58. The van der Waals surface area contributed by atoms with Crippen molar-refractivity contribution in [2.24, 2.45) is 0 Å². The van der Waals surface area contributed by atoms with E-state index in [1.54, 1.807) is 18.2 Å². The molecule has 2 heterocycles. The van der Waals surface area contributed by atoms with Crippen LogP contribution in [0.1, 0.15) is 28.1 Å². The summed E-state index contributed by atoms with van der Waals surface area (Å²) in [5, 5.41) is 13.5. The van der Waals surface area contributed by atoms with Crippen molar-refractivity contribution in [3.05, 3.63) is 34.7 Å². The zero-order chi connectivity index (χ0) is 14.6. The van der Waals surface area contributed by atoms with E-state index in [1.807, 2.05) is 0 Å². The molecule has 1 unspecified atom stereocenters. The third-order valence-electron chi connectivity index (χ3n) is 3.92. The summed E-state index contributed by atoms with van der Waals surface area (Å²) in [5.41, 5.74) is 0.269. The van der Waals surface area contributed by atoms with Gasteiger partial charge in [0.15, 0.2) is 5.13 Å². The van der Waals surface area contributed by atoms with Gasteiger partial charge in [-0.3, -0.25) is 10.1 Å². The number of hydrogen-bond acceptors (Lipinski definition) is 5. The zero-order valence-electron chi connectivity index (χ0n) is 11.0. The number of thiazole rings is 1. The molecule has 1 atom stereocenters. The van der Waals surface area contributed by atoms with Crippen molar-refractivity contribution in [1.29, 1.82) is 0 Å². The van der Waals surface area contributed by atoms with Crippen molar-refractivity contribution in [3.63, 3.8) is 0 Å². The average Bonchev–Trinajstić information content (AvgIpc) is 3.02. The molecule has 1 spiro atoms. The number of aromatic nitrogens is 1. The molecule has 1 aromatic carbocycles. The van der Waals surface area contributed by atoms with E-state index in [0.29, 0.717) is 15.9 Å². The number of carbonyl (C=O) groups excluding carboxylic acids is 1. The molecular weight excluding hydrogens is 308 g/mol. The number of nitrogens with one attached hydrogen (secondary N) is 1. The predicted molar refractivity (Wildman–Crippen MR) is 80.4 cm³/mol. The monoisotopic (exact) mass is 320 g/mol. The van der Waals surface area contributed by atoms with Crippen LogP contribution in [-0.4, -0.2) is 26.3 Å². The molecular formula is C14H12N2O3S2. The van der Waals surface area contributed by atoms with Crippen molar-refractivity contribution >= 4 is 33.6 Å². The third-order valence-corrected chi connectivity index (χ3v) is 6.81. The lowest BCUT2D eigenvalue weighted by atomic mass is 10.1. The second kappa shape index (κ2) is 4.46. The van der Waals surface area contributed by atoms with Crippen LogP contribution in [0, 0.1) is 0 Å². The molecule has 5 nitrogen and oxygen atoms in total. The lowest BCUT2D eigenvalue weighted by molar-refractivity contribution is 0.102. The molecule has 108 valence electrons. The normalized spacial score (nSPS) is 21.3. The minimum atomic E-state index is -1.05. The number of para-hydroxylation sites is 1. The van der Waals surface area contributed by atoms with E-state index < -0.39 is 17.1 Å². The smallest absolute Gasteiger partial charge is 0.261 e. The molecule has 1 aliphatic heterocycles. The number of rotatable bonds is 2. The van der Waals surface area contributed by atoms with Gasteiger partial charge >= 0.3 is 0 Å². The van der Waals surface area contributed by atoms with Crippen molar-refractivity contribution in [2.75, 3.05) is 11.1 Å². The number of phenols is 1. The van der Waals surface area contributed by atoms with Gasteiger partial charge in [0.05, 0.1) is 15.9 Å². The van der Waals surface area contributed by atoms with E-state index in [4.69, 9.17) is 0 Å². The first-order valence-corrected chi connectivity index (χ1v) is 8.72. The van der Waals surface area contributed by atoms with Gasteiger partial charge in [0.2, 0.25) is 0 Å². The van der Waals surface area contributed by atoms with E-state index in [9.17, 15) is 14.5 Å². The van der Waals surface area contributed by atoms with Crippen LogP contribution in [0.2, 0.25) is 0 Å². The van der Waals surface area contributed by atoms with Crippen LogP contribution in [0.4, 0.5) is 5.13 Å². The van der Waals surface area contributed by atoms with E-state index >= 15 is 0 Å². The number of fused-ring (bicyclic) bond motifs is 2. The second-order valence-corrected chi connectivity index (χ2v) is 7.76. The summed E-state index contributed by atoms with van der Waals surface area (Å²) >= 11 is 0.357. The van der Waals surface area contributed by atoms with Gasteiger partial charge in [-0.15, -0.1) is 0 Å². The lowest BCUT2D eigenvalue weighted by Gasteiger charge is -2.05. The SMILES string of the molecule is O=C(Nc1nc2c(s1)C1(CC1)C[S+]2[O-])c1ccccc1O. The topological polar surface area (TPSA) is 85.3 Å². The quantitative estimate of drug-likeness (QED) is 0.831. The number of carbonyl (C=O) groups is 1. The molecule has 0 saturated heterocycles. The van der Waals surface area contributed by atoms with E-state index in [-0.39, 0.29) is 16.7 Å². The first-order valence-electron chi connectivity index (χ1n) is 6.58. The number of nitrogens with zero attached hydrogens (tertiary/aromatic N) is 1. The molecule has 2 aliphatic rings. The van der Waals surface area contributed by atoms with Crippen molar-refractivity contribution in [2.45, 2.75) is 23.3 Å². The van der Waals surface area contributed by atoms with Gasteiger partial charge in [0.25, 0.3) is 10.9 Å². The summed E-state index contributed by atoms with van der Waals surface area (Å²) in [6.07, 6.45) is 2.11. The summed E-state index contributed by atoms with van der Waals surface area (Å²) in [6, 6.07) is 6.35. The van der Waals surface area contributed by atoms with Crippen molar-refractivity contribution in [1.82, 2.24) is 4.98 Å². The highest BCUT2D eigenvalue weighted by Gasteiger charge is 2.58. The molecule has 1 saturated carbocycles. The van der Waals surface area contributed by atoms with Crippen molar-refractivity contribution in [3.8, 4) is 5.75 Å². The molecule has 2 aromatic rings. The largest absolute Gasteiger partial charge is 0.610 e. The van der Waals surface area contributed by atoms with Crippen LogP contribution in [0.3, 0.4) is 0 Å². The van der Waals surface area contributed by atoms with Crippen LogP contribution in [0.15, 0.2) is 29.3 Å². The Morgan fingerprint density at radius 3 is 2.90 bits per heavy atom.